The summed E-state index contributed by atoms with van der Waals surface area (Å²) >= 11 is 0. The molecular formula is C11H14N2O5S. The number of hydrogen-bond donors (Lipinski definition) is 2. The highest BCUT2D eigenvalue weighted by molar-refractivity contribution is 7.89. The van der Waals surface area contributed by atoms with Gasteiger partial charge < -0.3 is 5.11 Å². The molecule has 0 aliphatic carbocycles. The molecule has 1 aromatic rings. The third kappa shape index (κ3) is 3.76. The Morgan fingerprint density at radius 2 is 2.21 bits per heavy atom. The maximum atomic E-state index is 12.0. The summed E-state index contributed by atoms with van der Waals surface area (Å²) in [6.45, 7) is 5.14. The monoisotopic (exact) mass is 286 g/mol. The number of nitro groups is 1. The second-order valence-corrected chi connectivity index (χ2v) is 5.67. The van der Waals surface area contributed by atoms with Gasteiger partial charge in [0.1, 0.15) is 0 Å². The predicted octanol–water partition coefficient (Wildman–Crippen LogP) is 1.54. The average Bonchev–Trinajstić information content (AvgIpc) is 2.28. The van der Waals surface area contributed by atoms with E-state index in [1.807, 2.05) is 0 Å². The van der Waals surface area contributed by atoms with Crippen LogP contribution in [0.4, 0.5) is 5.69 Å². The Morgan fingerprint density at radius 3 is 2.74 bits per heavy atom. The van der Waals surface area contributed by atoms with Crippen LogP contribution in [0.25, 0.3) is 0 Å². The molecule has 8 heteroatoms. The maximum Gasteiger partial charge on any atom is 0.312 e. The van der Waals surface area contributed by atoms with Gasteiger partial charge in [-0.05, 0) is 25.5 Å². The fourth-order valence-electron chi connectivity index (χ4n) is 1.45. The molecule has 0 aliphatic heterocycles. The molecule has 0 saturated heterocycles. The van der Waals surface area contributed by atoms with Crippen LogP contribution in [0.2, 0.25) is 0 Å². The van der Waals surface area contributed by atoms with E-state index in [-0.39, 0.29) is 10.9 Å². The number of sulfonamides is 1. The van der Waals surface area contributed by atoms with Crippen LogP contribution >= 0.6 is 0 Å². The van der Waals surface area contributed by atoms with Crippen LogP contribution in [-0.2, 0) is 10.0 Å². The lowest BCUT2D eigenvalue weighted by atomic mass is 10.3. The standard InChI is InChI=1S/C11H14N2O5S/c1-3-4-8(2)12-19(17,18)9-5-6-11(14)10(7-9)13(15)16/h3,5-8,12,14H,1,4H2,2H3. The Balaban J connectivity index is 3.12. The molecule has 0 amide bonds. The molecule has 0 aliphatic rings. The van der Waals surface area contributed by atoms with E-state index in [4.69, 9.17) is 0 Å². The Bertz CT molecular complexity index is 597. The zero-order valence-electron chi connectivity index (χ0n) is 10.2. The van der Waals surface area contributed by atoms with Gasteiger partial charge in [0, 0.05) is 12.1 Å². The Labute approximate surface area is 110 Å². The van der Waals surface area contributed by atoms with E-state index in [9.17, 15) is 23.6 Å². The first-order chi connectivity index (χ1) is 8.77. The molecule has 0 aromatic heterocycles. The van der Waals surface area contributed by atoms with Crippen LogP contribution < -0.4 is 4.72 Å². The van der Waals surface area contributed by atoms with Gasteiger partial charge in [-0.15, -0.1) is 6.58 Å². The van der Waals surface area contributed by atoms with Gasteiger partial charge in [-0.3, -0.25) is 10.1 Å². The van der Waals surface area contributed by atoms with Crippen LogP contribution in [0.3, 0.4) is 0 Å². The van der Waals surface area contributed by atoms with Crippen molar-refractivity contribution in [3.63, 3.8) is 0 Å². The quantitative estimate of drug-likeness (QED) is 0.468. The molecule has 0 spiro atoms. The fourth-order valence-corrected chi connectivity index (χ4v) is 2.72. The lowest BCUT2D eigenvalue weighted by molar-refractivity contribution is -0.386. The summed E-state index contributed by atoms with van der Waals surface area (Å²) in [5, 5.41) is 19.9. The smallest absolute Gasteiger partial charge is 0.312 e. The number of nitrogens with one attached hydrogen (secondary N) is 1. The third-order valence-electron chi connectivity index (χ3n) is 2.33. The second-order valence-electron chi connectivity index (χ2n) is 3.95. The molecule has 0 bridgehead atoms. The topological polar surface area (TPSA) is 110 Å². The van der Waals surface area contributed by atoms with Gasteiger partial charge in [0.05, 0.1) is 9.82 Å². The highest BCUT2D eigenvalue weighted by Crippen LogP contribution is 2.28. The zero-order valence-corrected chi connectivity index (χ0v) is 11.1. The first-order valence-corrected chi connectivity index (χ1v) is 6.87. The van der Waals surface area contributed by atoms with Crippen LogP contribution in [0.15, 0.2) is 35.7 Å². The summed E-state index contributed by atoms with van der Waals surface area (Å²) in [6.07, 6.45) is 1.99. The molecule has 1 atom stereocenters. The zero-order chi connectivity index (χ0) is 14.6. The van der Waals surface area contributed by atoms with E-state index < -0.39 is 26.4 Å². The molecule has 104 valence electrons. The van der Waals surface area contributed by atoms with Crippen molar-refractivity contribution in [2.45, 2.75) is 24.3 Å². The highest BCUT2D eigenvalue weighted by Gasteiger charge is 2.22. The number of hydrogen-bond acceptors (Lipinski definition) is 5. The number of phenolic OH excluding ortho intramolecular Hbond substituents is 1. The van der Waals surface area contributed by atoms with Crippen molar-refractivity contribution in [1.29, 1.82) is 0 Å². The van der Waals surface area contributed by atoms with E-state index in [1.165, 1.54) is 0 Å². The first kappa shape index (κ1) is 15.1. The number of phenols is 1. The second kappa shape index (κ2) is 5.81. The normalized spacial score (nSPS) is 12.9. The van der Waals surface area contributed by atoms with Gasteiger partial charge >= 0.3 is 5.69 Å². The lowest BCUT2D eigenvalue weighted by Crippen LogP contribution is -2.32. The summed E-state index contributed by atoms with van der Waals surface area (Å²) < 4.78 is 26.3. The van der Waals surface area contributed by atoms with Crippen molar-refractivity contribution >= 4 is 15.7 Å². The molecular weight excluding hydrogens is 272 g/mol. The summed E-state index contributed by atoms with van der Waals surface area (Å²) in [5.41, 5.74) is -0.653. The molecule has 1 rings (SSSR count). The molecule has 0 heterocycles. The third-order valence-corrected chi connectivity index (χ3v) is 3.92. The average molecular weight is 286 g/mol. The summed E-state index contributed by atoms with van der Waals surface area (Å²) in [7, 11) is -3.87. The van der Waals surface area contributed by atoms with E-state index in [1.54, 1.807) is 13.0 Å². The Kier molecular flexibility index (Phi) is 4.62. The molecule has 1 aromatic carbocycles. The summed E-state index contributed by atoms with van der Waals surface area (Å²) in [6, 6.07) is 2.52. The van der Waals surface area contributed by atoms with Gasteiger partial charge in [0.2, 0.25) is 10.0 Å². The van der Waals surface area contributed by atoms with Crippen molar-refractivity contribution in [2.75, 3.05) is 0 Å². The van der Waals surface area contributed by atoms with Crippen molar-refractivity contribution in [1.82, 2.24) is 4.72 Å². The van der Waals surface area contributed by atoms with Crippen molar-refractivity contribution in [3.8, 4) is 5.75 Å². The molecule has 0 fully saturated rings. The molecule has 1 unspecified atom stereocenters. The summed E-state index contributed by atoms with van der Waals surface area (Å²) in [4.78, 5) is 9.53. The predicted molar refractivity (Wildman–Crippen MR) is 69.4 cm³/mol. The van der Waals surface area contributed by atoms with Gasteiger partial charge in [0.15, 0.2) is 5.75 Å². The van der Waals surface area contributed by atoms with Gasteiger partial charge in [-0.25, -0.2) is 13.1 Å². The van der Waals surface area contributed by atoms with E-state index in [0.29, 0.717) is 6.42 Å². The number of aromatic hydroxyl groups is 1. The molecule has 19 heavy (non-hydrogen) atoms. The number of rotatable bonds is 6. The van der Waals surface area contributed by atoms with Crippen molar-refractivity contribution < 1.29 is 18.4 Å². The number of nitrogens with zero attached hydrogens (tertiary/aromatic N) is 1. The largest absolute Gasteiger partial charge is 0.502 e. The van der Waals surface area contributed by atoms with Crippen LogP contribution in [0, 0.1) is 10.1 Å². The van der Waals surface area contributed by atoms with Gasteiger partial charge in [0.25, 0.3) is 0 Å². The van der Waals surface area contributed by atoms with E-state index in [2.05, 4.69) is 11.3 Å². The van der Waals surface area contributed by atoms with E-state index in [0.717, 1.165) is 18.2 Å². The van der Waals surface area contributed by atoms with Gasteiger partial charge in [-0.1, -0.05) is 6.08 Å². The van der Waals surface area contributed by atoms with Crippen molar-refractivity contribution in [3.05, 3.63) is 41.0 Å². The van der Waals surface area contributed by atoms with Crippen LogP contribution in [-0.4, -0.2) is 24.5 Å². The molecule has 0 radical (unpaired) electrons. The van der Waals surface area contributed by atoms with Crippen molar-refractivity contribution in [2.24, 2.45) is 0 Å². The highest BCUT2D eigenvalue weighted by atomic mass is 32.2. The lowest BCUT2D eigenvalue weighted by Gasteiger charge is -2.12. The minimum Gasteiger partial charge on any atom is -0.502 e. The van der Waals surface area contributed by atoms with Crippen LogP contribution in [0.1, 0.15) is 13.3 Å². The summed E-state index contributed by atoms with van der Waals surface area (Å²) in [5.74, 6) is -0.580. The molecule has 0 saturated carbocycles. The fraction of sp³-hybridized carbons (Fsp3) is 0.273. The number of benzene rings is 1. The molecule has 7 nitrogen and oxygen atoms in total. The van der Waals surface area contributed by atoms with Crippen LogP contribution in [0.5, 0.6) is 5.75 Å². The number of nitro benzene ring substituents is 1. The van der Waals surface area contributed by atoms with E-state index >= 15 is 0 Å². The maximum absolute atomic E-state index is 12.0. The minimum absolute atomic E-state index is 0.270. The Morgan fingerprint density at radius 1 is 1.58 bits per heavy atom. The minimum atomic E-state index is -3.87. The molecule has 2 N–H and O–H groups in total. The SMILES string of the molecule is C=CCC(C)NS(=O)(=O)c1ccc(O)c([N+](=O)[O-])c1. The first-order valence-electron chi connectivity index (χ1n) is 5.38. The Hall–Kier alpha value is -1.93. The van der Waals surface area contributed by atoms with Gasteiger partial charge in [-0.2, -0.15) is 0 Å².